The predicted octanol–water partition coefficient (Wildman–Crippen LogP) is 11.9. The highest BCUT2D eigenvalue weighted by atomic mass is 32.2. The van der Waals surface area contributed by atoms with Gasteiger partial charge in [0.25, 0.3) is 0 Å². The van der Waals surface area contributed by atoms with Crippen molar-refractivity contribution in [3.8, 4) is 22.3 Å². The molecule has 0 saturated carbocycles. The lowest BCUT2D eigenvalue weighted by molar-refractivity contribution is 0.00578. The summed E-state index contributed by atoms with van der Waals surface area (Å²) in [6.07, 6.45) is 0. The highest BCUT2D eigenvalue weighted by Crippen LogP contribution is 2.63. The first-order valence-corrected chi connectivity index (χ1v) is 19.4. The Morgan fingerprint density at radius 1 is 0.434 bits per heavy atom. The molecular weight excluding hydrogens is 663 g/mol. The van der Waals surface area contributed by atoms with E-state index in [1.165, 1.54) is 86.6 Å². The summed E-state index contributed by atoms with van der Waals surface area (Å²) in [7, 11) is -0.461. The number of hydrogen-bond acceptors (Lipinski definition) is 3. The quantitative estimate of drug-likeness (QED) is 0.132. The molecule has 1 spiro atoms. The minimum Gasteiger partial charge on any atom is -0.399 e. The fraction of sp³-hybridized carbons (Fsp3) is 0.143. The lowest BCUT2D eigenvalue weighted by Gasteiger charge is -2.39. The average Bonchev–Trinajstić information content (AvgIpc) is 3.60. The molecule has 0 bridgehead atoms. The van der Waals surface area contributed by atoms with Crippen LogP contribution in [0.3, 0.4) is 0 Å². The van der Waals surface area contributed by atoms with Gasteiger partial charge in [0.2, 0.25) is 0 Å². The van der Waals surface area contributed by atoms with Crippen molar-refractivity contribution < 1.29 is 9.31 Å². The normalized spacial score (nSPS) is 17.2. The summed E-state index contributed by atoms with van der Waals surface area (Å²) in [6, 6.07) is 56.7. The topological polar surface area (TPSA) is 18.5 Å². The molecule has 0 unspecified atom stereocenters. The zero-order chi connectivity index (χ0) is 35.7. The van der Waals surface area contributed by atoms with Crippen LogP contribution in [0.15, 0.2) is 161 Å². The lowest BCUT2D eigenvalue weighted by atomic mass is 9.66. The highest BCUT2D eigenvalue weighted by molar-refractivity contribution is 7.99. The van der Waals surface area contributed by atoms with E-state index in [-0.39, 0.29) is 0 Å². The Balaban J connectivity index is 1.22. The van der Waals surface area contributed by atoms with Gasteiger partial charge in [-0.2, -0.15) is 0 Å². The molecule has 4 heteroatoms. The van der Waals surface area contributed by atoms with Gasteiger partial charge in [-0.25, -0.2) is 0 Å². The predicted molar refractivity (Wildman–Crippen MR) is 222 cm³/mol. The third-order valence-electron chi connectivity index (χ3n) is 12.6. The van der Waals surface area contributed by atoms with E-state index < -0.39 is 23.7 Å². The number of rotatable bonds is 2. The van der Waals surface area contributed by atoms with Crippen molar-refractivity contribution in [2.45, 2.75) is 54.1 Å². The van der Waals surface area contributed by atoms with Gasteiger partial charge in [0.15, 0.2) is 0 Å². The summed E-state index contributed by atoms with van der Waals surface area (Å²) in [5.41, 5.74) is 9.94. The monoisotopic (exact) mass is 700 g/mol. The molecule has 8 aromatic rings. The van der Waals surface area contributed by atoms with E-state index in [0.717, 1.165) is 5.46 Å². The summed E-state index contributed by atoms with van der Waals surface area (Å²) in [6.45, 7) is 8.52. The van der Waals surface area contributed by atoms with Crippen LogP contribution in [0.25, 0.3) is 54.6 Å². The summed E-state index contributed by atoms with van der Waals surface area (Å²) < 4.78 is 13.3. The summed E-state index contributed by atoms with van der Waals surface area (Å²) >= 11 is 1.88. The van der Waals surface area contributed by atoms with Gasteiger partial charge >= 0.3 is 7.12 Å². The van der Waals surface area contributed by atoms with Gasteiger partial charge in [-0.1, -0.05) is 145 Å². The maximum absolute atomic E-state index is 6.67. The Kier molecular flexibility index (Phi) is 6.49. The number of hydrogen-bond donors (Lipinski definition) is 0. The molecule has 11 rings (SSSR count). The third kappa shape index (κ3) is 4.20. The second-order valence-corrected chi connectivity index (χ2v) is 16.9. The molecule has 2 nitrogen and oxygen atoms in total. The van der Waals surface area contributed by atoms with E-state index in [9.17, 15) is 0 Å². The van der Waals surface area contributed by atoms with Crippen molar-refractivity contribution in [2.75, 3.05) is 0 Å². The number of benzene rings is 8. The zero-order valence-electron chi connectivity index (χ0n) is 30.2. The Bertz CT molecular complexity index is 2760. The first-order chi connectivity index (χ1) is 25.8. The van der Waals surface area contributed by atoms with E-state index in [0.29, 0.717) is 0 Å². The molecule has 2 heterocycles. The Hall–Kier alpha value is -5.13. The largest absolute Gasteiger partial charge is 0.494 e. The molecule has 1 aliphatic carbocycles. The van der Waals surface area contributed by atoms with Crippen molar-refractivity contribution >= 4 is 56.7 Å². The zero-order valence-corrected chi connectivity index (χ0v) is 31.1. The van der Waals surface area contributed by atoms with Gasteiger partial charge in [-0.3, -0.25) is 0 Å². The lowest BCUT2D eigenvalue weighted by Crippen LogP contribution is -2.41. The Morgan fingerprint density at radius 2 is 0.962 bits per heavy atom. The van der Waals surface area contributed by atoms with Crippen molar-refractivity contribution in [2.24, 2.45) is 0 Å². The van der Waals surface area contributed by atoms with Gasteiger partial charge in [0, 0.05) is 9.79 Å². The van der Waals surface area contributed by atoms with Crippen LogP contribution in [0.2, 0.25) is 0 Å². The van der Waals surface area contributed by atoms with Crippen molar-refractivity contribution in [1.29, 1.82) is 0 Å². The van der Waals surface area contributed by atoms with Crippen LogP contribution in [0.4, 0.5) is 0 Å². The van der Waals surface area contributed by atoms with Crippen LogP contribution in [0.1, 0.15) is 49.9 Å². The molecule has 2 aliphatic heterocycles. The molecule has 3 aliphatic rings. The molecule has 8 aromatic carbocycles. The second-order valence-electron chi connectivity index (χ2n) is 15.8. The van der Waals surface area contributed by atoms with Gasteiger partial charge in [-0.15, -0.1) is 0 Å². The van der Waals surface area contributed by atoms with Crippen LogP contribution >= 0.6 is 11.8 Å². The van der Waals surface area contributed by atoms with E-state index >= 15 is 0 Å². The van der Waals surface area contributed by atoms with E-state index in [1.807, 2.05) is 11.8 Å². The standard InChI is InChI=1S/C49H37BO2S/c1-47(2)48(3,4)52-50(51-47)31-25-27-38-43(29-31)49(40-19-9-11-22-44(40)53-45-23-12-10-20-41(45)49)42-21-13-18-32(46(38)42)30-24-26-37-35-16-6-5-14-33(35)34-15-7-8-17-36(34)39(37)28-30/h5-29H,1-4H3. The smallest absolute Gasteiger partial charge is 0.399 e. The van der Waals surface area contributed by atoms with E-state index in [2.05, 4.69) is 179 Å². The van der Waals surface area contributed by atoms with Gasteiger partial charge in [0.1, 0.15) is 0 Å². The van der Waals surface area contributed by atoms with E-state index in [1.54, 1.807) is 0 Å². The molecule has 0 radical (unpaired) electrons. The van der Waals surface area contributed by atoms with Crippen LogP contribution in [0.5, 0.6) is 0 Å². The first kappa shape index (κ1) is 31.4. The fourth-order valence-electron chi connectivity index (χ4n) is 9.41. The van der Waals surface area contributed by atoms with E-state index in [4.69, 9.17) is 9.31 Å². The second kappa shape index (κ2) is 11.0. The maximum Gasteiger partial charge on any atom is 0.494 e. The summed E-state index contributed by atoms with van der Waals surface area (Å²) in [5, 5.41) is 7.73. The summed E-state index contributed by atoms with van der Waals surface area (Å²) in [4.78, 5) is 2.58. The average molecular weight is 701 g/mol. The van der Waals surface area contributed by atoms with Crippen LogP contribution in [0, 0.1) is 0 Å². The fourth-order valence-corrected chi connectivity index (χ4v) is 10.6. The van der Waals surface area contributed by atoms with Crippen molar-refractivity contribution in [3.05, 3.63) is 174 Å². The van der Waals surface area contributed by atoms with Crippen LogP contribution in [-0.2, 0) is 14.7 Å². The first-order valence-electron chi connectivity index (χ1n) is 18.6. The van der Waals surface area contributed by atoms with Gasteiger partial charge in [0.05, 0.1) is 16.6 Å². The molecule has 0 atom stereocenters. The van der Waals surface area contributed by atoms with Gasteiger partial charge < -0.3 is 9.31 Å². The van der Waals surface area contributed by atoms with Crippen LogP contribution < -0.4 is 5.46 Å². The molecule has 0 N–H and O–H groups in total. The molecule has 1 fully saturated rings. The van der Waals surface area contributed by atoms with Crippen LogP contribution in [-0.4, -0.2) is 18.3 Å². The molecule has 0 aromatic heterocycles. The number of fused-ring (bicyclic) bond motifs is 15. The van der Waals surface area contributed by atoms with Gasteiger partial charge in [-0.05, 0) is 128 Å². The molecule has 53 heavy (non-hydrogen) atoms. The Labute approximate surface area is 314 Å². The molecule has 254 valence electrons. The minimum atomic E-state index is -0.515. The summed E-state index contributed by atoms with van der Waals surface area (Å²) in [5.74, 6) is 0. The SMILES string of the molecule is CC1(C)OB(c2ccc3c(c2)C2(c4ccccc4Sc4ccccc42)c2cccc(-c4ccc5c6ccccc6c6ccccc6c5c4)c2-3)OC1(C)C. The minimum absolute atomic E-state index is 0.434. The Morgan fingerprint density at radius 3 is 1.58 bits per heavy atom. The van der Waals surface area contributed by atoms with Crippen molar-refractivity contribution in [3.63, 3.8) is 0 Å². The maximum atomic E-state index is 6.67. The third-order valence-corrected chi connectivity index (χ3v) is 13.7. The molecular formula is C49H37BO2S. The molecule has 1 saturated heterocycles. The van der Waals surface area contributed by atoms with Crippen molar-refractivity contribution in [1.82, 2.24) is 0 Å². The molecule has 0 amide bonds. The highest BCUT2D eigenvalue weighted by Gasteiger charge is 2.54.